The molecule has 1 aromatic rings. The molecule has 15 heavy (non-hydrogen) atoms. The van der Waals surface area contributed by atoms with Crippen molar-refractivity contribution in [3.05, 3.63) is 5.82 Å². The van der Waals surface area contributed by atoms with Crippen molar-refractivity contribution in [1.82, 2.24) is 14.3 Å². The van der Waals surface area contributed by atoms with Crippen LogP contribution >= 0.6 is 11.5 Å². The van der Waals surface area contributed by atoms with Gasteiger partial charge in [-0.2, -0.15) is 4.37 Å². The van der Waals surface area contributed by atoms with E-state index in [1.165, 1.54) is 37.6 Å². The van der Waals surface area contributed by atoms with E-state index in [1.54, 1.807) is 0 Å². The van der Waals surface area contributed by atoms with Gasteiger partial charge in [-0.25, -0.2) is 4.98 Å². The maximum absolute atomic E-state index is 4.29. The van der Waals surface area contributed by atoms with E-state index in [4.69, 9.17) is 0 Å². The minimum absolute atomic E-state index is 0.772. The molecule has 4 nitrogen and oxygen atoms in total. The molecule has 0 aliphatic carbocycles. The zero-order chi connectivity index (χ0) is 10.7. The summed E-state index contributed by atoms with van der Waals surface area (Å²) in [5, 5.41) is 4.33. The quantitative estimate of drug-likeness (QED) is 0.846. The number of nitrogens with one attached hydrogen (secondary N) is 1. The van der Waals surface area contributed by atoms with Gasteiger partial charge in [0, 0.05) is 24.6 Å². The zero-order valence-electron chi connectivity index (χ0n) is 9.36. The Hall–Kier alpha value is -0.680. The second-order valence-electron chi connectivity index (χ2n) is 4.08. The van der Waals surface area contributed by atoms with Crippen molar-refractivity contribution in [1.29, 1.82) is 0 Å². The fourth-order valence-electron chi connectivity index (χ4n) is 1.97. The maximum atomic E-state index is 4.29. The normalized spacial score (nSPS) is 22.1. The van der Waals surface area contributed by atoms with E-state index in [9.17, 15) is 0 Å². The average molecular weight is 226 g/mol. The zero-order valence-corrected chi connectivity index (χ0v) is 10.2. The lowest BCUT2D eigenvalue weighted by Gasteiger charge is -2.13. The first-order chi connectivity index (χ1) is 7.28. The summed E-state index contributed by atoms with van der Waals surface area (Å²) in [7, 11) is 0. The van der Waals surface area contributed by atoms with E-state index in [0.29, 0.717) is 0 Å². The molecule has 0 aromatic carbocycles. The molecule has 2 heterocycles. The molecule has 1 aromatic heterocycles. The number of likely N-dealkylation sites (tertiary alicyclic amines) is 1. The molecule has 1 fully saturated rings. The highest BCUT2D eigenvalue weighted by Gasteiger charge is 2.20. The largest absolute Gasteiger partial charge is 0.360 e. The Bertz CT molecular complexity index is 312. The summed E-state index contributed by atoms with van der Waals surface area (Å²) in [4.78, 5) is 6.79. The van der Waals surface area contributed by atoms with Gasteiger partial charge in [0.2, 0.25) is 5.13 Å². The second-order valence-corrected chi connectivity index (χ2v) is 4.83. The van der Waals surface area contributed by atoms with Crippen LogP contribution in [0.2, 0.25) is 0 Å². The SMILES string of the molecule is CCN1CCC(CNc2nc(C)ns2)C1. The Morgan fingerprint density at radius 3 is 3.07 bits per heavy atom. The van der Waals surface area contributed by atoms with Gasteiger partial charge in [0.05, 0.1) is 0 Å². The molecule has 2 rings (SSSR count). The first-order valence-corrected chi connectivity index (χ1v) is 6.32. The summed E-state index contributed by atoms with van der Waals surface area (Å²) >= 11 is 1.45. The number of aromatic nitrogens is 2. The molecule has 1 aliphatic heterocycles. The van der Waals surface area contributed by atoms with E-state index in [2.05, 4.69) is 26.5 Å². The molecule has 0 bridgehead atoms. The molecule has 0 saturated carbocycles. The third kappa shape index (κ3) is 2.89. The van der Waals surface area contributed by atoms with Crippen molar-refractivity contribution in [3.8, 4) is 0 Å². The van der Waals surface area contributed by atoms with Gasteiger partial charge in [-0.15, -0.1) is 0 Å². The van der Waals surface area contributed by atoms with Crippen LogP contribution in [0.4, 0.5) is 5.13 Å². The molecule has 1 saturated heterocycles. The highest BCUT2D eigenvalue weighted by atomic mass is 32.1. The van der Waals surface area contributed by atoms with Crippen molar-refractivity contribution in [2.24, 2.45) is 5.92 Å². The second kappa shape index (κ2) is 4.90. The van der Waals surface area contributed by atoms with E-state index in [-0.39, 0.29) is 0 Å². The van der Waals surface area contributed by atoms with Crippen LogP contribution in [-0.2, 0) is 0 Å². The molecule has 0 spiro atoms. The molecule has 1 aliphatic rings. The van der Waals surface area contributed by atoms with Crippen LogP contribution in [0.1, 0.15) is 19.2 Å². The highest BCUT2D eigenvalue weighted by molar-refractivity contribution is 7.09. The van der Waals surface area contributed by atoms with Gasteiger partial charge in [-0.1, -0.05) is 6.92 Å². The number of aryl methyl sites for hydroxylation is 1. The Labute approximate surface area is 94.9 Å². The van der Waals surface area contributed by atoms with Crippen molar-refractivity contribution >= 4 is 16.7 Å². The Morgan fingerprint density at radius 2 is 2.47 bits per heavy atom. The lowest BCUT2D eigenvalue weighted by molar-refractivity contribution is 0.345. The van der Waals surface area contributed by atoms with Crippen molar-refractivity contribution in [2.75, 3.05) is 31.5 Å². The van der Waals surface area contributed by atoms with Gasteiger partial charge in [-0.05, 0) is 32.4 Å². The molecule has 1 N–H and O–H groups in total. The average Bonchev–Trinajstić information content (AvgIpc) is 2.83. The number of hydrogen-bond acceptors (Lipinski definition) is 5. The van der Waals surface area contributed by atoms with Gasteiger partial charge in [0.25, 0.3) is 0 Å². The predicted octanol–water partition coefficient (Wildman–Crippen LogP) is 1.60. The monoisotopic (exact) mass is 226 g/mol. The van der Waals surface area contributed by atoms with Crippen molar-refractivity contribution in [2.45, 2.75) is 20.3 Å². The van der Waals surface area contributed by atoms with E-state index < -0.39 is 0 Å². The standard InChI is InChI=1S/C10H18N4S/c1-3-14-5-4-9(7-14)6-11-10-12-8(2)13-15-10/h9H,3-7H2,1-2H3,(H,11,12,13). The topological polar surface area (TPSA) is 41.0 Å². The van der Waals surface area contributed by atoms with E-state index in [0.717, 1.165) is 23.4 Å². The summed E-state index contributed by atoms with van der Waals surface area (Å²) in [5.41, 5.74) is 0. The Morgan fingerprint density at radius 1 is 1.60 bits per heavy atom. The summed E-state index contributed by atoms with van der Waals surface area (Å²) < 4.78 is 4.15. The van der Waals surface area contributed by atoms with Gasteiger partial charge in [-0.3, -0.25) is 0 Å². The predicted molar refractivity (Wildman–Crippen MR) is 63.4 cm³/mol. The van der Waals surface area contributed by atoms with Crippen LogP contribution in [-0.4, -0.2) is 40.4 Å². The maximum Gasteiger partial charge on any atom is 0.202 e. The van der Waals surface area contributed by atoms with Gasteiger partial charge >= 0.3 is 0 Å². The number of anilines is 1. The van der Waals surface area contributed by atoms with Crippen molar-refractivity contribution < 1.29 is 0 Å². The van der Waals surface area contributed by atoms with Gasteiger partial charge in [0.15, 0.2) is 0 Å². The Balaban J connectivity index is 1.75. The minimum atomic E-state index is 0.772. The van der Waals surface area contributed by atoms with Crippen molar-refractivity contribution in [3.63, 3.8) is 0 Å². The first kappa shape index (κ1) is 10.8. The van der Waals surface area contributed by atoms with Crippen LogP contribution in [0.3, 0.4) is 0 Å². The lowest BCUT2D eigenvalue weighted by atomic mass is 10.1. The molecule has 0 amide bonds. The van der Waals surface area contributed by atoms with Crippen LogP contribution in [0.5, 0.6) is 0 Å². The third-order valence-corrected chi connectivity index (χ3v) is 3.65. The number of rotatable bonds is 4. The van der Waals surface area contributed by atoms with Crippen LogP contribution in [0.15, 0.2) is 0 Å². The molecule has 0 radical (unpaired) electrons. The highest BCUT2D eigenvalue weighted by Crippen LogP contribution is 2.17. The molecular weight excluding hydrogens is 208 g/mol. The smallest absolute Gasteiger partial charge is 0.202 e. The number of hydrogen-bond donors (Lipinski definition) is 1. The number of nitrogens with zero attached hydrogens (tertiary/aromatic N) is 3. The lowest BCUT2D eigenvalue weighted by Crippen LogP contribution is -2.22. The van der Waals surface area contributed by atoms with Crippen LogP contribution < -0.4 is 5.32 Å². The van der Waals surface area contributed by atoms with Gasteiger partial charge in [0.1, 0.15) is 5.82 Å². The minimum Gasteiger partial charge on any atom is -0.360 e. The van der Waals surface area contributed by atoms with Gasteiger partial charge < -0.3 is 10.2 Å². The van der Waals surface area contributed by atoms with E-state index in [1.807, 2.05) is 6.92 Å². The first-order valence-electron chi connectivity index (χ1n) is 5.54. The fraction of sp³-hybridized carbons (Fsp3) is 0.800. The van der Waals surface area contributed by atoms with Crippen LogP contribution in [0, 0.1) is 12.8 Å². The molecule has 1 unspecified atom stereocenters. The Kier molecular flexibility index (Phi) is 3.53. The fourth-order valence-corrected chi connectivity index (χ4v) is 2.55. The summed E-state index contributed by atoms with van der Waals surface area (Å²) in [6.45, 7) is 8.83. The molecular formula is C10H18N4S. The summed E-state index contributed by atoms with van der Waals surface area (Å²) in [6, 6.07) is 0. The molecule has 84 valence electrons. The molecule has 5 heteroatoms. The molecule has 1 atom stereocenters. The van der Waals surface area contributed by atoms with E-state index >= 15 is 0 Å². The third-order valence-electron chi connectivity index (χ3n) is 2.89. The van der Waals surface area contributed by atoms with Crippen LogP contribution in [0.25, 0.3) is 0 Å². The summed E-state index contributed by atoms with van der Waals surface area (Å²) in [5.74, 6) is 1.64. The summed E-state index contributed by atoms with van der Waals surface area (Å²) in [6.07, 6.45) is 1.30.